The van der Waals surface area contributed by atoms with E-state index in [2.05, 4.69) is 20.5 Å². The molecule has 0 spiro atoms. The van der Waals surface area contributed by atoms with Crippen molar-refractivity contribution in [3.63, 3.8) is 0 Å². The SMILES string of the molecule is CC(c1c[nH]c2ccccc12)C(NC(=O)N1CCC(Sc2ccc(F)cc2)CC1)C(=O)Nc1cccc(CN(C)C)c1. The number of nitrogens with zero attached hydrogens (tertiary/aromatic N) is 2. The predicted molar refractivity (Wildman–Crippen MR) is 168 cm³/mol. The van der Waals surface area contributed by atoms with Gasteiger partial charge in [0.1, 0.15) is 11.9 Å². The quantitative estimate of drug-likeness (QED) is 0.210. The second-order valence-corrected chi connectivity index (χ2v) is 12.6. The van der Waals surface area contributed by atoms with Gasteiger partial charge in [-0.3, -0.25) is 4.79 Å². The van der Waals surface area contributed by atoms with Crippen molar-refractivity contribution in [2.45, 2.75) is 48.4 Å². The minimum Gasteiger partial charge on any atom is -0.361 e. The summed E-state index contributed by atoms with van der Waals surface area (Å²) in [6.07, 6.45) is 3.57. The van der Waals surface area contributed by atoms with Crippen molar-refractivity contribution in [3.05, 3.63) is 95.9 Å². The lowest BCUT2D eigenvalue weighted by molar-refractivity contribution is -0.118. The lowest BCUT2D eigenvalue weighted by atomic mass is 9.92. The number of benzene rings is 3. The Hall–Kier alpha value is -3.82. The van der Waals surface area contributed by atoms with Crippen LogP contribution in [0.15, 0.2) is 83.9 Å². The van der Waals surface area contributed by atoms with Crippen LogP contribution in [-0.2, 0) is 11.3 Å². The van der Waals surface area contributed by atoms with Gasteiger partial charge in [0.05, 0.1) is 0 Å². The van der Waals surface area contributed by atoms with Crippen LogP contribution in [0.1, 0.15) is 36.8 Å². The second kappa shape index (κ2) is 13.4. The first kappa shape index (κ1) is 29.7. The van der Waals surface area contributed by atoms with Crippen LogP contribution < -0.4 is 10.6 Å². The van der Waals surface area contributed by atoms with Crippen LogP contribution in [0.2, 0.25) is 0 Å². The number of hydrogen-bond donors (Lipinski definition) is 3. The summed E-state index contributed by atoms with van der Waals surface area (Å²) in [6, 6.07) is 21.3. The van der Waals surface area contributed by atoms with E-state index in [1.54, 1.807) is 28.8 Å². The first-order valence-electron chi connectivity index (χ1n) is 14.3. The zero-order valence-corrected chi connectivity index (χ0v) is 25.1. The third-order valence-corrected chi connectivity index (χ3v) is 9.06. The van der Waals surface area contributed by atoms with Gasteiger partial charge in [0.2, 0.25) is 5.91 Å². The number of piperidine rings is 1. The van der Waals surface area contributed by atoms with E-state index >= 15 is 0 Å². The molecule has 9 heteroatoms. The number of urea groups is 1. The highest BCUT2D eigenvalue weighted by atomic mass is 32.2. The van der Waals surface area contributed by atoms with E-state index < -0.39 is 6.04 Å². The summed E-state index contributed by atoms with van der Waals surface area (Å²) in [5.41, 5.74) is 3.75. The number of fused-ring (bicyclic) bond motifs is 1. The van der Waals surface area contributed by atoms with Gasteiger partial charge in [0, 0.05) is 58.5 Å². The van der Waals surface area contributed by atoms with Crippen molar-refractivity contribution in [2.24, 2.45) is 0 Å². The molecule has 2 atom stereocenters. The Labute approximate surface area is 250 Å². The highest BCUT2D eigenvalue weighted by Gasteiger charge is 2.32. The Bertz CT molecular complexity index is 1510. The zero-order chi connectivity index (χ0) is 29.6. The van der Waals surface area contributed by atoms with Gasteiger partial charge in [0.25, 0.3) is 0 Å². The summed E-state index contributed by atoms with van der Waals surface area (Å²) in [4.78, 5) is 35.6. The number of H-pyrrole nitrogens is 1. The van der Waals surface area contributed by atoms with Gasteiger partial charge in [-0.25, -0.2) is 9.18 Å². The van der Waals surface area contributed by atoms with E-state index in [1.807, 2.05) is 75.7 Å². The number of carbonyl (C=O) groups excluding carboxylic acids is 2. The molecule has 42 heavy (non-hydrogen) atoms. The minimum atomic E-state index is -0.791. The molecule has 220 valence electrons. The molecule has 0 aliphatic carbocycles. The van der Waals surface area contributed by atoms with Gasteiger partial charge in [-0.05, 0) is 80.5 Å². The maximum absolute atomic E-state index is 13.8. The molecule has 4 aromatic rings. The van der Waals surface area contributed by atoms with Crippen LogP contribution in [0.25, 0.3) is 10.9 Å². The third-order valence-electron chi connectivity index (χ3n) is 7.71. The number of amides is 3. The van der Waals surface area contributed by atoms with Gasteiger partial charge in [0.15, 0.2) is 0 Å². The van der Waals surface area contributed by atoms with E-state index in [1.165, 1.54) is 12.1 Å². The molecule has 0 saturated carbocycles. The maximum Gasteiger partial charge on any atom is 0.318 e. The summed E-state index contributed by atoms with van der Waals surface area (Å²) >= 11 is 1.72. The average molecular weight is 588 g/mol. The number of carbonyl (C=O) groups is 2. The minimum absolute atomic E-state index is 0.242. The standard InChI is InChI=1S/C33H38FN5O2S/c1-22(29-20-35-30-10-5-4-9-28(29)30)31(32(40)36-25-8-6-7-23(19-25)21-38(2)3)37-33(41)39-17-15-27(16-18-39)42-26-13-11-24(34)12-14-26/h4-14,19-20,22,27,31,35H,15-18,21H2,1-3H3,(H,36,40)(H,37,41). The van der Waals surface area contributed by atoms with Crippen LogP contribution in [0.4, 0.5) is 14.9 Å². The molecule has 1 aliphatic heterocycles. The third kappa shape index (κ3) is 7.33. The fraction of sp³-hybridized carbons (Fsp3) is 0.333. The Balaban J connectivity index is 1.30. The van der Waals surface area contributed by atoms with Gasteiger partial charge in [-0.15, -0.1) is 11.8 Å². The number of para-hydroxylation sites is 1. The van der Waals surface area contributed by atoms with Crippen molar-refractivity contribution >= 4 is 40.3 Å². The topological polar surface area (TPSA) is 80.5 Å². The molecule has 7 nitrogen and oxygen atoms in total. The Kier molecular flexibility index (Phi) is 9.49. The first-order valence-corrected chi connectivity index (χ1v) is 15.2. The molecule has 0 bridgehead atoms. The summed E-state index contributed by atoms with van der Waals surface area (Å²) in [7, 11) is 4.01. The van der Waals surface area contributed by atoms with Crippen molar-refractivity contribution in [1.82, 2.24) is 20.1 Å². The van der Waals surface area contributed by atoms with E-state index in [9.17, 15) is 14.0 Å². The van der Waals surface area contributed by atoms with Gasteiger partial charge < -0.3 is 25.4 Å². The van der Waals surface area contributed by atoms with E-state index in [0.29, 0.717) is 24.0 Å². The second-order valence-electron chi connectivity index (χ2n) is 11.2. The van der Waals surface area contributed by atoms with Gasteiger partial charge in [-0.2, -0.15) is 0 Å². The molecule has 3 aromatic carbocycles. The molecule has 1 saturated heterocycles. The normalized spacial score (nSPS) is 15.5. The van der Waals surface area contributed by atoms with Crippen LogP contribution in [0, 0.1) is 5.82 Å². The largest absolute Gasteiger partial charge is 0.361 e. The zero-order valence-electron chi connectivity index (χ0n) is 24.3. The Morgan fingerprint density at radius 2 is 1.79 bits per heavy atom. The van der Waals surface area contributed by atoms with Crippen LogP contribution in [0.3, 0.4) is 0 Å². The molecule has 3 amide bonds. The number of halogens is 1. The smallest absolute Gasteiger partial charge is 0.318 e. The average Bonchev–Trinajstić information content (AvgIpc) is 3.41. The molecule has 0 radical (unpaired) electrons. The molecule has 1 fully saturated rings. The van der Waals surface area contributed by atoms with Crippen molar-refractivity contribution in [2.75, 3.05) is 32.5 Å². The number of likely N-dealkylation sites (tertiary alicyclic amines) is 1. The number of nitrogens with one attached hydrogen (secondary N) is 3. The van der Waals surface area contributed by atoms with Crippen LogP contribution >= 0.6 is 11.8 Å². The monoisotopic (exact) mass is 587 g/mol. The number of hydrogen-bond acceptors (Lipinski definition) is 4. The highest BCUT2D eigenvalue weighted by molar-refractivity contribution is 8.00. The molecule has 2 unspecified atom stereocenters. The molecular formula is C33H38FN5O2S. The van der Waals surface area contributed by atoms with E-state index in [-0.39, 0.29) is 23.7 Å². The number of anilines is 1. The number of aromatic amines is 1. The summed E-state index contributed by atoms with van der Waals surface area (Å²) in [6.45, 7) is 3.92. The van der Waals surface area contributed by atoms with E-state index in [4.69, 9.17) is 0 Å². The molecule has 1 aromatic heterocycles. The highest BCUT2D eigenvalue weighted by Crippen LogP contribution is 2.31. The fourth-order valence-electron chi connectivity index (χ4n) is 5.51. The van der Waals surface area contributed by atoms with Crippen molar-refractivity contribution in [3.8, 4) is 0 Å². The lowest BCUT2D eigenvalue weighted by Crippen LogP contribution is -2.53. The number of aromatic nitrogens is 1. The summed E-state index contributed by atoms with van der Waals surface area (Å²) in [5, 5.41) is 7.52. The Morgan fingerprint density at radius 1 is 1.05 bits per heavy atom. The molecule has 2 heterocycles. The van der Waals surface area contributed by atoms with Crippen LogP contribution in [-0.4, -0.2) is 65.2 Å². The molecule has 3 N–H and O–H groups in total. The lowest BCUT2D eigenvalue weighted by Gasteiger charge is -2.34. The fourth-order valence-corrected chi connectivity index (χ4v) is 6.63. The first-order chi connectivity index (χ1) is 20.3. The summed E-state index contributed by atoms with van der Waals surface area (Å²) < 4.78 is 13.3. The van der Waals surface area contributed by atoms with Crippen molar-refractivity contribution < 1.29 is 14.0 Å². The molecule has 1 aliphatic rings. The van der Waals surface area contributed by atoms with Gasteiger partial charge >= 0.3 is 6.03 Å². The number of thioether (sulfide) groups is 1. The van der Waals surface area contributed by atoms with Crippen LogP contribution in [0.5, 0.6) is 0 Å². The summed E-state index contributed by atoms with van der Waals surface area (Å²) in [5.74, 6) is -0.793. The van der Waals surface area contributed by atoms with E-state index in [0.717, 1.165) is 46.3 Å². The molecule has 5 rings (SSSR count). The maximum atomic E-state index is 13.8. The number of rotatable bonds is 9. The van der Waals surface area contributed by atoms with Crippen molar-refractivity contribution in [1.29, 1.82) is 0 Å². The van der Waals surface area contributed by atoms with Gasteiger partial charge in [-0.1, -0.05) is 37.3 Å². The predicted octanol–water partition coefficient (Wildman–Crippen LogP) is 6.45. The molecular weight excluding hydrogens is 549 g/mol. The Morgan fingerprint density at radius 3 is 2.52 bits per heavy atom.